The van der Waals surface area contributed by atoms with E-state index >= 15 is 0 Å². The normalized spacial score (nSPS) is 20.1. The molecular formula is C17H16BrF2N3O. The maximum atomic E-state index is 13.6. The number of benzene rings is 2. The fraction of sp³-hybridized carbons (Fsp3) is 0.235. The molecule has 7 heteroatoms. The van der Waals surface area contributed by atoms with Crippen LogP contribution in [-0.4, -0.2) is 11.9 Å². The van der Waals surface area contributed by atoms with E-state index in [1.807, 2.05) is 24.3 Å². The second-order valence-corrected chi connectivity index (χ2v) is 6.55. The van der Waals surface area contributed by atoms with Gasteiger partial charge in [-0.25, -0.2) is 19.6 Å². The molecule has 3 N–H and O–H groups in total. The average molecular weight is 396 g/mol. The lowest BCUT2D eigenvalue weighted by atomic mass is 10.0. The molecule has 0 saturated carbocycles. The summed E-state index contributed by atoms with van der Waals surface area (Å²) in [5.74, 6) is -1.53. The maximum absolute atomic E-state index is 13.6. The summed E-state index contributed by atoms with van der Waals surface area (Å²) in [5, 5.41) is 2.67. The standard InChI is InChI=1S/C17H16BrF2N3O/c18-12-4-1-10(2-5-12)15-8-16(23-22-15)17(24)21-9-11-3-6-13(19)7-14(11)20/h1-7,15-16,22-23H,8-9H2,(H,21,24). The van der Waals surface area contributed by atoms with Crippen molar-refractivity contribution < 1.29 is 13.6 Å². The van der Waals surface area contributed by atoms with Crippen molar-refractivity contribution in [3.05, 3.63) is 69.7 Å². The zero-order chi connectivity index (χ0) is 17.1. The third kappa shape index (κ3) is 3.98. The minimum absolute atomic E-state index is 0.0199. The molecule has 24 heavy (non-hydrogen) atoms. The summed E-state index contributed by atoms with van der Waals surface area (Å²) >= 11 is 3.39. The minimum atomic E-state index is -0.666. The van der Waals surface area contributed by atoms with Gasteiger partial charge in [0.25, 0.3) is 0 Å². The number of halogens is 3. The molecule has 0 radical (unpaired) electrons. The SMILES string of the molecule is O=C(NCc1ccc(F)cc1F)C1CC(c2ccc(Br)cc2)NN1. The van der Waals surface area contributed by atoms with E-state index in [9.17, 15) is 13.6 Å². The molecule has 0 bridgehead atoms. The van der Waals surface area contributed by atoms with Gasteiger partial charge < -0.3 is 5.32 Å². The Hall–Kier alpha value is -1.83. The van der Waals surface area contributed by atoms with Gasteiger partial charge >= 0.3 is 0 Å². The molecular weight excluding hydrogens is 380 g/mol. The molecule has 1 heterocycles. The predicted molar refractivity (Wildman–Crippen MR) is 89.8 cm³/mol. The van der Waals surface area contributed by atoms with Crippen LogP contribution < -0.4 is 16.2 Å². The largest absolute Gasteiger partial charge is 0.351 e. The summed E-state index contributed by atoms with van der Waals surface area (Å²) < 4.78 is 27.4. The topological polar surface area (TPSA) is 53.2 Å². The van der Waals surface area contributed by atoms with Gasteiger partial charge in [-0.05, 0) is 30.2 Å². The van der Waals surface area contributed by atoms with E-state index in [-0.39, 0.29) is 24.1 Å². The average Bonchev–Trinajstić information content (AvgIpc) is 3.04. The quantitative estimate of drug-likeness (QED) is 0.745. The van der Waals surface area contributed by atoms with Crippen molar-refractivity contribution in [2.45, 2.75) is 25.0 Å². The Labute approximate surface area is 146 Å². The van der Waals surface area contributed by atoms with Crippen molar-refractivity contribution in [2.75, 3.05) is 0 Å². The molecule has 3 rings (SSSR count). The van der Waals surface area contributed by atoms with Crippen molar-refractivity contribution in [2.24, 2.45) is 0 Å². The summed E-state index contributed by atoms with van der Waals surface area (Å²) in [4.78, 5) is 12.2. The van der Waals surface area contributed by atoms with Gasteiger partial charge in [-0.15, -0.1) is 0 Å². The summed E-state index contributed by atoms with van der Waals surface area (Å²) in [7, 11) is 0. The zero-order valence-electron chi connectivity index (χ0n) is 12.7. The van der Waals surface area contributed by atoms with E-state index in [0.717, 1.165) is 16.1 Å². The Morgan fingerprint density at radius 3 is 2.62 bits per heavy atom. The van der Waals surface area contributed by atoms with Crippen LogP contribution in [0.4, 0.5) is 8.78 Å². The number of hydrogen-bond acceptors (Lipinski definition) is 3. The number of hydrazine groups is 1. The van der Waals surface area contributed by atoms with Crippen LogP contribution >= 0.6 is 15.9 Å². The van der Waals surface area contributed by atoms with Gasteiger partial charge in [-0.2, -0.15) is 0 Å². The molecule has 0 aliphatic carbocycles. The fourth-order valence-corrected chi connectivity index (χ4v) is 2.88. The van der Waals surface area contributed by atoms with Crippen LogP contribution in [-0.2, 0) is 11.3 Å². The number of hydrogen-bond donors (Lipinski definition) is 3. The predicted octanol–water partition coefficient (Wildman–Crippen LogP) is 2.95. The molecule has 2 aromatic carbocycles. The molecule has 1 aliphatic rings. The van der Waals surface area contributed by atoms with Crippen LogP contribution in [0.25, 0.3) is 0 Å². The first-order valence-corrected chi connectivity index (χ1v) is 8.30. The molecule has 126 valence electrons. The van der Waals surface area contributed by atoms with Crippen molar-refractivity contribution >= 4 is 21.8 Å². The fourth-order valence-electron chi connectivity index (χ4n) is 2.61. The van der Waals surface area contributed by atoms with Gasteiger partial charge in [0.1, 0.15) is 17.7 Å². The monoisotopic (exact) mass is 395 g/mol. The van der Waals surface area contributed by atoms with Crippen LogP contribution in [0.3, 0.4) is 0 Å². The van der Waals surface area contributed by atoms with Crippen LogP contribution in [0.2, 0.25) is 0 Å². The number of carbonyl (C=O) groups excluding carboxylic acids is 1. The molecule has 2 aromatic rings. The Morgan fingerprint density at radius 2 is 1.92 bits per heavy atom. The van der Waals surface area contributed by atoms with Gasteiger partial charge in [0, 0.05) is 28.7 Å². The van der Waals surface area contributed by atoms with Crippen LogP contribution in [0.5, 0.6) is 0 Å². The first-order chi connectivity index (χ1) is 11.5. The third-order valence-electron chi connectivity index (χ3n) is 3.96. The van der Waals surface area contributed by atoms with Crippen molar-refractivity contribution in [1.82, 2.24) is 16.2 Å². The lowest BCUT2D eigenvalue weighted by Crippen LogP contribution is -2.42. The van der Waals surface area contributed by atoms with Crippen molar-refractivity contribution in [3.8, 4) is 0 Å². The molecule has 1 saturated heterocycles. The van der Waals surface area contributed by atoms with E-state index in [0.29, 0.717) is 6.42 Å². The molecule has 2 unspecified atom stereocenters. The van der Waals surface area contributed by atoms with Crippen LogP contribution in [0, 0.1) is 11.6 Å². The Bertz CT molecular complexity index is 739. The minimum Gasteiger partial charge on any atom is -0.351 e. The summed E-state index contributed by atoms with van der Waals surface area (Å²) in [6.07, 6.45) is 0.583. The number of carbonyl (C=O) groups is 1. The van der Waals surface area contributed by atoms with E-state index < -0.39 is 17.7 Å². The summed E-state index contributed by atoms with van der Waals surface area (Å²) in [5.41, 5.74) is 7.37. The number of amides is 1. The molecule has 1 amide bonds. The molecule has 4 nitrogen and oxygen atoms in total. The van der Waals surface area contributed by atoms with Gasteiger partial charge in [0.15, 0.2) is 0 Å². The smallest absolute Gasteiger partial charge is 0.238 e. The molecule has 1 fully saturated rings. The Morgan fingerprint density at radius 1 is 1.17 bits per heavy atom. The van der Waals surface area contributed by atoms with Gasteiger partial charge in [-0.3, -0.25) is 4.79 Å². The highest BCUT2D eigenvalue weighted by molar-refractivity contribution is 9.10. The summed E-state index contributed by atoms with van der Waals surface area (Å²) in [6, 6.07) is 10.8. The van der Waals surface area contributed by atoms with Crippen molar-refractivity contribution in [3.63, 3.8) is 0 Å². The lowest BCUT2D eigenvalue weighted by Gasteiger charge is -2.11. The molecule has 0 aromatic heterocycles. The van der Waals surface area contributed by atoms with E-state index in [4.69, 9.17) is 0 Å². The lowest BCUT2D eigenvalue weighted by molar-refractivity contribution is -0.123. The second-order valence-electron chi connectivity index (χ2n) is 5.63. The third-order valence-corrected chi connectivity index (χ3v) is 4.49. The highest BCUT2D eigenvalue weighted by Gasteiger charge is 2.29. The Balaban J connectivity index is 1.55. The van der Waals surface area contributed by atoms with Gasteiger partial charge in [0.05, 0.1) is 0 Å². The summed E-state index contributed by atoms with van der Waals surface area (Å²) in [6.45, 7) is 0.0199. The van der Waals surface area contributed by atoms with Crippen molar-refractivity contribution in [1.29, 1.82) is 0 Å². The highest BCUT2D eigenvalue weighted by atomic mass is 79.9. The molecule has 2 atom stereocenters. The molecule has 1 aliphatic heterocycles. The molecule has 0 spiro atoms. The maximum Gasteiger partial charge on any atom is 0.238 e. The number of nitrogens with one attached hydrogen (secondary N) is 3. The first kappa shape index (κ1) is 17.0. The number of rotatable bonds is 4. The van der Waals surface area contributed by atoms with E-state index in [2.05, 4.69) is 32.1 Å². The van der Waals surface area contributed by atoms with Gasteiger partial charge in [-0.1, -0.05) is 34.1 Å². The van der Waals surface area contributed by atoms with Crippen LogP contribution in [0.15, 0.2) is 46.9 Å². The second kappa shape index (κ2) is 7.38. The zero-order valence-corrected chi connectivity index (χ0v) is 14.2. The van der Waals surface area contributed by atoms with Gasteiger partial charge in [0.2, 0.25) is 5.91 Å². The highest BCUT2D eigenvalue weighted by Crippen LogP contribution is 2.23. The van der Waals surface area contributed by atoms with Crippen LogP contribution in [0.1, 0.15) is 23.6 Å². The van der Waals surface area contributed by atoms with E-state index in [1.54, 1.807) is 0 Å². The Kier molecular flexibility index (Phi) is 5.23. The van der Waals surface area contributed by atoms with E-state index in [1.165, 1.54) is 12.1 Å². The first-order valence-electron chi connectivity index (χ1n) is 7.51.